The molecule has 0 aliphatic rings. The summed E-state index contributed by atoms with van der Waals surface area (Å²) in [4.78, 5) is 7.21. The molecule has 11 aromatic carbocycles. The molecular formula is C64H43N3OS. The maximum atomic E-state index is 6.21. The van der Waals surface area contributed by atoms with E-state index in [2.05, 4.69) is 263 Å². The highest BCUT2D eigenvalue weighted by Crippen LogP contribution is 2.48. The molecule has 69 heavy (non-hydrogen) atoms. The van der Waals surface area contributed by atoms with Crippen LogP contribution in [0.5, 0.6) is 0 Å². The smallest absolute Gasteiger partial charge is 0.135 e. The van der Waals surface area contributed by atoms with Gasteiger partial charge < -0.3 is 19.1 Å². The van der Waals surface area contributed by atoms with Crippen molar-refractivity contribution in [3.8, 4) is 11.1 Å². The number of hydrogen-bond acceptors (Lipinski definition) is 5. The zero-order valence-corrected chi connectivity index (χ0v) is 38.3. The van der Waals surface area contributed by atoms with Crippen LogP contribution >= 0.6 is 11.3 Å². The van der Waals surface area contributed by atoms with Gasteiger partial charge in [-0.15, -0.1) is 11.3 Å². The molecule has 0 aliphatic heterocycles. The number of rotatable bonds is 10. The van der Waals surface area contributed by atoms with Gasteiger partial charge in [0, 0.05) is 64.8 Å². The van der Waals surface area contributed by atoms with Gasteiger partial charge in [0.15, 0.2) is 0 Å². The monoisotopic (exact) mass is 901 g/mol. The van der Waals surface area contributed by atoms with Gasteiger partial charge in [-0.25, -0.2) is 0 Å². The number of anilines is 9. The average Bonchev–Trinajstić information content (AvgIpc) is 3.98. The van der Waals surface area contributed by atoms with E-state index in [0.717, 1.165) is 89.6 Å². The van der Waals surface area contributed by atoms with Crippen molar-refractivity contribution in [2.24, 2.45) is 0 Å². The Hall–Kier alpha value is -8.90. The lowest BCUT2D eigenvalue weighted by molar-refractivity contribution is 0.669. The largest absolute Gasteiger partial charge is 0.456 e. The molecule has 0 saturated heterocycles. The Morgan fingerprint density at radius 3 is 1.45 bits per heavy atom. The van der Waals surface area contributed by atoms with Crippen LogP contribution in [0.3, 0.4) is 0 Å². The molecule has 5 heteroatoms. The van der Waals surface area contributed by atoms with Crippen LogP contribution in [0, 0.1) is 0 Å². The molecular weight excluding hydrogens is 859 g/mol. The lowest BCUT2D eigenvalue weighted by Gasteiger charge is -2.33. The lowest BCUT2D eigenvalue weighted by atomic mass is 10.0. The van der Waals surface area contributed by atoms with Gasteiger partial charge in [0.25, 0.3) is 0 Å². The highest BCUT2D eigenvalue weighted by Gasteiger charge is 2.24. The summed E-state index contributed by atoms with van der Waals surface area (Å²) in [6, 6.07) is 93.9. The number of fused-ring (bicyclic) bond motifs is 7. The van der Waals surface area contributed by atoms with Crippen molar-refractivity contribution >= 4 is 115 Å². The summed E-state index contributed by atoms with van der Waals surface area (Å²) < 4.78 is 8.77. The van der Waals surface area contributed by atoms with Crippen molar-refractivity contribution in [3.05, 3.63) is 261 Å². The first kappa shape index (κ1) is 40.4. The third-order valence-corrected chi connectivity index (χ3v) is 14.3. The number of thiophene rings is 1. The Balaban J connectivity index is 1.05. The van der Waals surface area contributed by atoms with Gasteiger partial charge in [-0.2, -0.15) is 0 Å². The van der Waals surface area contributed by atoms with Crippen LogP contribution in [0.15, 0.2) is 265 Å². The minimum Gasteiger partial charge on any atom is -0.456 e. The van der Waals surface area contributed by atoms with E-state index in [1.165, 1.54) is 25.6 Å². The molecule has 0 amide bonds. The molecule has 13 aromatic rings. The van der Waals surface area contributed by atoms with Crippen LogP contribution in [0.1, 0.15) is 0 Å². The minimum absolute atomic E-state index is 0.891. The Bertz CT molecular complexity index is 3930. The number of furan rings is 1. The first-order chi connectivity index (χ1) is 34.2. The van der Waals surface area contributed by atoms with E-state index in [9.17, 15) is 0 Å². The summed E-state index contributed by atoms with van der Waals surface area (Å²) in [5.74, 6) is 0. The first-order valence-corrected chi connectivity index (χ1v) is 24.1. The molecule has 0 bridgehead atoms. The summed E-state index contributed by atoms with van der Waals surface area (Å²) in [7, 11) is 0. The van der Waals surface area contributed by atoms with Gasteiger partial charge >= 0.3 is 0 Å². The molecule has 0 fully saturated rings. The molecule has 0 saturated carbocycles. The molecule has 2 aromatic heterocycles. The Labute approximate surface area is 404 Å². The third-order valence-electron chi connectivity index (χ3n) is 13.2. The van der Waals surface area contributed by atoms with E-state index in [-0.39, 0.29) is 0 Å². The van der Waals surface area contributed by atoms with Gasteiger partial charge in [-0.05, 0) is 132 Å². The normalized spacial score (nSPS) is 11.5. The molecule has 0 N–H and O–H groups in total. The highest BCUT2D eigenvalue weighted by atomic mass is 32.1. The third kappa shape index (κ3) is 7.33. The average molecular weight is 902 g/mol. The number of para-hydroxylation sites is 4. The fraction of sp³-hybridized carbons (Fsp3) is 0. The van der Waals surface area contributed by atoms with E-state index >= 15 is 0 Å². The maximum absolute atomic E-state index is 6.21. The van der Waals surface area contributed by atoms with Crippen LogP contribution in [-0.4, -0.2) is 0 Å². The molecule has 0 unspecified atom stereocenters. The Kier molecular flexibility index (Phi) is 9.99. The van der Waals surface area contributed by atoms with Gasteiger partial charge in [0.1, 0.15) is 11.2 Å². The molecule has 326 valence electrons. The number of benzene rings is 11. The topological polar surface area (TPSA) is 22.9 Å². The second kappa shape index (κ2) is 17.1. The summed E-state index contributed by atoms with van der Waals surface area (Å²) >= 11 is 1.84. The van der Waals surface area contributed by atoms with Crippen molar-refractivity contribution in [3.63, 3.8) is 0 Å². The van der Waals surface area contributed by atoms with E-state index < -0.39 is 0 Å². The predicted octanol–water partition coefficient (Wildman–Crippen LogP) is 19.2. The van der Waals surface area contributed by atoms with Crippen molar-refractivity contribution in [1.82, 2.24) is 0 Å². The van der Waals surface area contributed by atoms with Gasteiger partial charge in [0.05, 0.1) is 22.7 Å². The Morgan fingerprint density at radius 2 is 0.754 bits per heavy atom. The second-order valence-corrected chi connectivity index (χ2v) is 18.4. The number of nitrogens with zero attached hydrogens (tertiary/aromatic N) is 3. The van der Waals surface area contributed by atoms with Gasteiger partial charge in [-0.1, -0.05) is 146 Å². The first-order valence-electron chi connectivity index (χ1n) is 23.3. The predicted molar refractivity (Wildman–Crippen MR) is 294 cm³/mol. The fourth-order valence-electron chi connectivity index (χ4n) is 9.98. The van der Waals surface area contributed by atoms with Crippen molar-refractivity contribution in [2.75, 3.05) is 14.7 Å². The maximum Gasteiger partial charge on any atom is 0.135 e. The van der Waals surface area contributed by atoms with Crippen LogP contribution in [-0.2, 0) is 0 Å². The minimum atomic E-state index is 0.891. The van der Waals surface area contributed by atoms with Crippen LogP contribution in [0.2, 0.25) is 0 Å². The molecule has 2 heterocycles. The quantitative estimate of drug-likeness (QED) is 0.136. The SMILES string of the molecule is c1ccc(N(c2ccccc2)c2cc(N(c3ccccc3)c3ccc4sc5ccccc5c4c3)cc(N(c3ccc(-c4ccc5oc6ccccc6c5c4)cc3)c3cccc4ccccc34)c2)cc1. The molecule has 4 nitrogen and oxygen atoms in total. The fourth-order valence-corrected chi connectivity index (χ4v) is 11.1. The van der Waals surface area contributed by atoms with E-state index in [1.807, 2.05) is 23.5 Å². The van der Waals surface area contributed by atoms with E-state index in [0.29, 0.717) is 0 Å². The second-order valence-electron chi connectivity index (χ2n) is 17.4. The molecule has 0 atom stereocenters. The van der Waals surface area contributed by atoms with Crippen molar-refractivity contribution in [2.45, 2.75) is 0 Å². The van der Waals surface area contributed by atoms with Gasteiger partial charge in [-0.3, -0.25) is 0 Å². The van der Waals surface area contributed by atoms with E-state index in [4.69, 9.17) is 4.42 Å². The van der Waals surface area contributed by atoms with Crippen molar-refractivity contribution < 1.29 is 4.42 Å². The standard InChI is InChI=1S/C64H43N3OS/c1-4-19-47(20-5-1)65(48-21-6-2-7-22-48)52-40-53(66(49-23-8-3-9-24-49)51-36-38-64-59(43-51)57-27-13-15-30-63(57)69-64)42-54(41-52)67(60-28-16-18-45-17-10-11-25-55(45)60)50-34-31-44(32-35-50)46-33-37-62-58(39-46)56-26-12-14-29-61(56)68-62/h1-43H. The van der Waals surface area contributed by atoms with Crippen molar-refractivity contribution in [1.29, 1.82) is 0 Å². The lowest BCUT2D eigenvalue weighted by Crippen LogP contribution is -2.16. The molecule has 0 spiro atoms. The van der Waals surface area contributed by atoms with Crippen LogP contribution < -0.4 is 14.7 Å². The molecule has 0 aliphatic carbocycles. The molecule has 13 rings (SSSR count). The van der Waals surface area contributed by atoms with Crippen LogP contribution in [0.25, 0.3) is 64.0 Å². The summed E-state index contributed by atoms with van der Waals surface area (Å²) in [5, 5.41) is 7.08. The highest BCUT2D eigenvalue weighted by molar-refractivity contribution is 7.25. The summed E-state index contributed by atoms with van der Waals surface area (Å²) in [6.07, 6.45) is 0. The summed E-state index contributed by atoms with van der Waals surface area (Å²) in [5.41, 5.74) is 13.5. The zero-order valence-electron chi connectivity index (χ0n) is 37.5. The number of hydrogen-bond donors (Lipinski definition) is 0. The van der Waals surface area contributed by atoms with Crippen LogP contribution in [0.4, 0.5) is 51.2 Å². The van der Waals surface area contributed by atoms with Gasteiger partial charge in [0.2, 0.25) is 0 Å². The molecule has 0 radical (unpaired) electrons. The van der Waals surface area contributed by atoms with E-state index in [1.54, 1.807) is 0 Å². The zero-order chi connectivity index (χ0) is 45.7. The summed E-state index contributed by atoms with van der Waals surface area (Å²) in [6.45, 7) is 0. The Morgan fingerprint density at radius 1 is 0.261 bits per heavy atom.